The average molecular weight is 169 g/mol. The van der Waals surface area contributed by atoms with Gasteiger partial charge in [0.15, 0.2) is 0 Å². The maximum absolute atomic E-state index is 10.9. The van der Waals surface area contributed by atoms with Crippen LogP contribution in [0.4, 0.5) is 0 Å². The lowest BCUT2D eigenvalue weighted by atomic mass is 10.0. The average Bonchev–Trinajstić information content (AvgIpc) is 2.51. The molecule has 0 aliphatic carbocycles. The molecular weight excluding hydrogens is 154 g/mol. The van der Waals surface area contributed by atoms with Gasteiger partial charge >= 0.3 is 0 Å². The van der Waals surface area contributed by atoms with Gasteiger partial charge in [-0.3, -0.25) is 4.79 Å². The summed E-state index contributed by atoms with van der Waals surface area (Å²) < 4.78 is 5.26. The van der Waals surface area contributed by atoms with Crippen LogP contribution >= 0.6 is 0 Å². The zero-order valence-electron chi connectivity index (χ0n) is 7.38. The largest absolute Gasteiger partial charge is 0.379 e. The molecule has 0 radical (unpaired) electrons. The predicted octanol–water partition coefficient (Wildman–Crippen LogP) is 0.714. The van der Waals surface area contributed by atoms with Gasteiger partial charge in [0, 0.05) is 5.92 Å². The molecule has 0 aromatic heterocycles. The Hall–Kier alpha value is -0.830. The third-order valence-electron chi connectivity index (χ3n) is 2.24. The van der Waals surface area contributed by atoms with Crippen LogP contribution in [0, 0.1) is 5.92 Å². The lowest BCUT2D eigenvalue weighted by Gasteiger charge is -2.15. The van der Waals surface area contributed by atoms with Crippen molar-refractivity contribution in [3.63, 3.8) is 0 Å². The molecule has 1 rings (SSSR count). The number of hydrogen-bond donors (Lipinski definition) is 1. The van der Waals surface area contributed by atoms with Crippen molar-refractivity contribution in [1.82, 2.24) is 5.32 Å². The summed E-state index contributed by atoms with van der Waals surface area (Å²) in [5.74, 6) is 0.359. The van der Waals surface area contributed by atoms with Gasteiger partial charge in [0.2, 0.25) is 5.91 Å². The third kappa shape index (κ3) is 2.08. The van der Waals surface area contributed by atoms with Gasteiger partial charge in [0.1, 0.15) is 0 Å². The van der Waals surface area contributed by atoms with E-state index in [4.69, 9.17) is 4.74 Å². The predicted molar refractivity (Wildman–Crippen MR) is 46.7 cm³/mol. The molecule has 3 nitrogen and oxygen atoms in total. The van der Waals surface area contributed by atoms with Crippen molar-refractivity contribution in [2.45, 2.75) is 19.4 Å². The van der Waals surface area contributed by atoms with Gasteiger partial charge in [0.25, 0.3) is 0 Å². The minimum atomic E-state index is -0.107. The molecule has 3 heteroatoms. The Morgan fingerprint density at radius 2 is 2.50 bits per heavy atom. The van der Waals surface area contributed by atoms with Crippen molar-refractivity contribution >= 4 is 5.91 Å². The van der Waals surface area contributed by atoms with E-state index in [1.54, 1.807) is 0 Å². The summed E-state index contributed by atoms with van der Waals surface area (Å²) in [5, 5.41) is 2.85. The standard InChI is InChI=1S/C9H15NO2/c1-3-7-5-12-6-8(7)10-9(11)4-2/h4,7-8H,2-3,5-6H2,1H3,(H,10,11). The van der Waals surface area contributed by atoms with Gasteiger partial charge in [-0.15, -0.1) is 0 Å². The molecule has 1 heterocycles. The van der Waals surface area contributed by atoms with Gasteiger partial charge in [-0.05, 0) is 12.5 Å². The van der Waals surface area contributed by atoms with Crippen molar-refractivity contribution in [1.29, 1.82) is 0 Å². The lowest BCUT2D eigenvalue weighted by Crippen LogP contribution is -2.38. The Bertz CT molecular complexity index is 179. The normalized spacial score (nSPS) is 28.4. The van der Waals surface area contributed by atoms with Crippen LogP contribution in [0.1, 0.15) is 13.3 Å². The molecule has 0 aromatic rings. The number of hydrogen-bond acceptors (Lipinski definition) is 2. The van der Waals surface area contributed by atoms with E-state index in [0.717, 1.165) is 13.0 Å². The van der Waals surface area contributed by atoms with E-state index in [2.05, 4.69) is 18.8 Å². The zero-order chi connectivity index (χ0) is 8.97. The molecule has 1 aliphatic rings. The molecule has 1 saturated heterocycles. The van der Waals surface area contributed by atoms with Crippen LogP contribution in [-0.4, -0.2) is 25.2 Å². The molecule has 0 aromatic carbocycles. The Kier molecular flexibility index (Phi) is 3.29. The lowest BCUT2D eigenvalue weighted by molar-refractivity contribution is -0.117. The van der Waals surface area contributed by atoms with Crippen molar-refractivity contribution in [2.75, 3.05) is 13.2 Å². The summed E-state index contributed by atoms with van der Waals surface area (Å²) in [5.41, 5.74) is 0. The molecule has 1 aliphatic heterocycles. The molecule has 12 heavy (non-hydrogen) atoms. The summed E-state index contributed by atoms with van der Waals surface area (Å²) in [7, 11) is 0. The van der Waals surface area contributed by atoms with Crippen LogP contribution < -0.4 is 5.32 Å². The van der Waals surface area contributed by atoms with E-state index in [9.17, 15) is 4.79 Å². The molecular formula is C9H15NO2. The molecule has 2 atom stereocenters. The SMILES string of the molecule is C=CC(=O)NC1COCC1CC. The van der Waals surface area contributed by atoms with Crippen LogP contribution in [0.15, 0.2) is 12.7 Å². The summed E-state index contributed by atoms with van der Waals surface area (Å²) in [6.45, 7) is 6.90. The van der Waals surface area contributed by atoms with Crippen LogP contribution in [0.5, 0.6) is 0 Å². The summed E-state index contributed by atoms with van der Waals surface area (Å²) in [4.78, 5) is 10.9. The molecule has 1 amide bonds. The van der Waals surface area contributed by atoms with Crippen LogP contribution in [0.2, 0.25) is 0 Å². The first kappa shape index (κ1) is 9.26. The minimum Gasteiger partial charge on any atom is -0.379 e. The van der Waals surface area contributed by atoms with E-state index in [0.29, 0.717) is 12.5 Å². The number of ether oxygens (including phenoxy) is 1. The number of amides is 1. The summed E-state index contributed by atoms with van der Waals surface area (Å²) in [6, 6.07) is 0.181. The zero-order valence-corrected chi connectivity index (χ0v) is 7.38. The fraction of sp³-hybridized carbons (Fsp3) is 0.667. The Morgan fingerprint density at radius 1 is 1.75 bits per heavy atom. The number of carbonyl (C=O) groups is 1. The molecule has 2 unspecified atom stereocenters. The maximum Gasteiger partial charge on any atom is 0.243 e. The van der Waals surface area contributed by atoms with E-state index < -0.39 is 0 Å². The minimum absolute atomic E-state index is 0.107. The first-order chi connectivity index (χ1) is 5.77. The highest BCUT2D eigenvalue weighted by Gasteiger charge is 2.27. The van der Waals surface area contributed by atoms with E-state index in [1.807, 2.05) is 0 Å². The van der Waals surface area contributed by atoms with Gasteiger partial charge in [0.05, 0.1) is 19.3 Å². The molecule has 0 spiro atoms. The maximum atomic E-state index is 10.9. The fourth-order valence-electron chi connectivity index (χ4n) is 1.40. The highest BCUT2D eigenvalue weighted by molar-refractivity contribution is 5.87. The number of rotatable bonds is 3. The Balaban J connectivity index is 2.40. The number of carbonyl (C=O) groups excluding carboxylic acids is 1. The smallest absolute Gasteiger partial charge is 0.243 e. The van der Waals surface area contributed by atoms with E-state index in [-0.39, 0.29) is 11.9 Å². The first-order valence-electron chi connectivity index (χ1n) is 4.28. The Morgan fingerprint density at radius 3 is 3.08 bits per heavy atom. The molecule has 0 saturated carbocycles. The Labute approximate surface area is 72.8 Å². The molecule has 1 fully saturated rings. The second-order valence-electron chi connectivity index (χ2n) is 3.02. The first-order valence-corrected chi connectivity index (χ1v) is 4.28. The highest BCUT2D eigenvalue weighted by atomic mass is 16.5. The molecule has 68 valence electrons. The van der Waals surface area contributed by atoms with Crippen LogP contribution in [0.25, 0.3) is 0 Å². The van der Waals surface area contributed by atoms with E-state index in [1.165, 1.54) is 6.08 Å². The van der Waals surface area contributed by atoms with Crippen LogP contribution in [-0.2, 0) is 9.53 Å². The number of nitrogens with one attached hydrogen (secondary N) is 1. The van der Waals surface area contributed by atoms with Gasteiger partial charge in [-0.25, -0.2) is 0 Å². The van der Waals surface area contributed by atoms with Crippen LogP contribution in [0.3, 0.4) is 0 Å². The summed E-state index contributed by atoms with van der Waals surface area (Å²) >= 11 is 0. The quantitative estimate of drug-likeness (QED) is 0.632. The van der Waals surface area contributed by atoms with E-state index >= 15 is 0 Å². The van der Waals surface area contributed by atoms with Crippen molar-refractivity contribution in [2.24, 2.45) is 5.92 Å². The fourth-order valence-corrected chi connectivity index (χ4v) is 1.40. The molecule has 1 N–H and O–H groups in total. The summed E-state index contributed by atoms with van der Waals surface area (Å²) in [6.07, 6.45) is 2.34. The molecule has 0 bridgehead atoms. The van der Waals surface area contributed by atoms with Gasteiger partial charge < -0.3 is 10.1 Å². The third-order valence-corrected chi connectivity index (χ3v) is 2.24. The van der Waals surface area contributed by atoms with Crippen molar-refractivity contribution in [3.05, 3.63) is 12.7 Å². The highest BCUT2D eigenvalue weighted by Crippen LogP contribution is 2.16. The van der Waals surface area contributed by atoms with Crippen molar-refractivity contribution < 1.29 is 9.53 Å². The monoisotopic (exact) mass is 169 g/mol. The second-order valence-corrected chi connectivity index (χ2v) is 3.02. The van der Waals surface area contributed by atoms with Crippen molar-refractivity contribution in [3.8, 4) is 0 Å². The second kappa shape index (κ2) is 4.26. The van der Waals surface area contributed by atoms with Gasteiger partial charge in [-0.2, -0.15) is 0 Å². The van der Waals surface area contributed by atoms with Gasteiger partial charge in [-0.1, -0.05) is 13.5 Å². The topological polar surface area (TPSA) is 38.3 Å².